The Morgan fingerprint density at radius 3 is 2.65 bits per heavy atom. The number of benzene rings is 2. The molecule has 0 spiro atoms. The molecule has 2 heterocycles. The van der Waals surface area contributed by atoms with E-state index in [2.05, 4.69) is 5.32 Å². The Balaban J connectivity index is 1.40. The second kappa shape index (κ2) is 11.6. The maximum Gasteiger partial charge on any atom is 0.293 e. The smallest absolute Gasteiger partial charge is 0.293 e. The average molecular weight is 583 g/mol. The number of sulfonamides is 1. The minimum Gasteiger partial charge on any atom is -0.350 e. The largest absolute Gasteiger partial charge is 0.350 e. The lowest BCUT2D eigenvalue weighted by atomic mass is 10.0. The molecule has 2 saturated heterocycles. The van der Waals surface area contributed by atoms with E-state index in [1.807, 2.05) is 6.92 Å². The van der Waals surface area contributed by atoms with E-state index in [0.29, 0.717) is 23.7 Å². The number of carbonyl (C=O) groups excluding carboxylic acids is 3. The number of piperidine rings is 1. The van der Waals surface area contributed by atoms with Crippen LogP contribution in [0.1, 0.15) is 35.7 Å². The lowest BCUT2D eigenvalue weighted by molar-refractivity contribution is -0.122. The molecule has 0 unspecified atom stereocenters. The van der Waals surface area contributed by atoms with Gasteiger partial charge in [0.2, 0.25) is 10.0 Å². The molecule has 0 bridgehead atoms. The van der Waals surface area contributed by atoms with Crippen LogP contribution in [0.3, 0.4) is 0 Å². The van der Waals surface area contributed by atoms with Gasteiger partial charge >= 0.3 is 0 Å². The maximum atomic E-state index is 13.2. The van der Waals surface area contributed by atoms with Crippen LogP contribution in [-0.4, -0.2) is 60.9 Å². The predicted octanol–water partition coefficient (Wildman–Crippen LogP) is 4.88. The number of rotatable bonds is 7. The van der Waals surface area contributed by atoms with Gasteiger partial charge in [-0.15, -0.1) is 0 Å². The molecule has 0 radical (unpaired) electrons. The minimum absolute atomic E-state index is 0.00933. The third kappa shape index (κ3) is 6.21. The lowest BCUT2D eigenvalue weighted by Crippen LogP contribution is -2.39. The van der Waals surface area contributed by atoms with E-state index in [1.165, 1.54) is 22.5 Å². The number of nitrogens with one attached hydrogen (secondary N) is 1. The number of hydrogen-bond acceptors (Lipinski definition) is 6. The van der Waals surface area contributed by atoms with Crippen LogP contribution in [0.5, 0.6) is 0 Å². The van der Waals surface area contributed by atoms with Gasteiger partial charge in [-0.3, -0.25) is 19.3 Å². The summed E-state index contributed by atoms with van der Waals surface area (Å²) in [6.45, 7) is 2.75. The first kappa shape index (κ1) is 27.7. The van der Waals surface area contributed by atoms with Gasteiger partial charge in [0.05, 0.1) is 9.93 Å². The molecular formula is C25H25Cl2N3O5S2. The molecule has 2 aromatic rings. The Morgan fingerprint density at radius 2 is 1.92 bits per heavy atom. The van der Waals surface area contributed by atoms with Crippen molar-refractivity contribution in [2.24, 2.45) is 5.92 Å². The quantitative estimate of drug-likeness (QED) is 0.467. The number of hydrogen-bond donors (Lipinski definition) is 1. The molecule has 4 rings (SSSR count). The summed E-state index contributed by atoms with van der Waals surface area (Å²) in [4.78, 5) is 39.0. The van der Waals surface area contributed by atoms with Crippen LogP contribution in [0.4, 0.5) is 4.79 Å². The van der Waals surface area contributed by atoms with E-state index in [9.17, 15) is 22.8 Å². The van der Waals surface area contributed by atoms with E-state index < -0.39 is 27.1 Å². The second-order valence-electron chi connectivity index (χ2n) is 8.87. The summed E-state index contributed by atoms with van der Waals surface area (Å²) in [6, 6.07) is 11.0. The Labute approximate surface area is 230 Å². The van der Waals surface area contributed by atoms with Gasteiger partial charge in [-0.1, -0.05) is 48.3 Å². The van der Waals surface area contributed by atoms with Crippen LogP contribution in [-0.2, 0) is 14.8 Å². The molecule has 0 saturated carbocycles. The van der Waals surface area contributed by atoms with Gasteiger partial charge in [-0.2, -0.15) is 4.31 Å². The summed E-state index contributed by atoms with van der Waals surface area (Å²) in [5.41, 5.74) is 0.733. The molecule has 1 atom stereocenters. The number of amides is 3. The molecule has 1 N–H and O–H groups in total. The molecule has 2 aliphatic rings. The van der Waals surface area contributed by atoms with Crippen LogP contribution in [0.25, 0.3) is 6.08 Å². The number of carbonyl (C=O) groups is 3. The zero-order valence-corrected chi connectivity index (χ0v) is 23.1. The molecule has 12 heteroatoms. The van der Waals surface area contributed by atoms with Crippen LogP contribution < -0.4 is 5.32 Å². The Kier molecular flexibility index (Phi) is 8.65. The van der Waals surface area contributed by atoms with Crippen molar-refractivity contribution in [1.29, 1.82) is 0 Å². The summed E-state index contributed by atoms with van der Waals surface area (Å²) in [6.07, 6.45) is 3.28. The molecule has 2 fully saturated rings. The second-order valence-corrected chi connectivity index (χ2v) is 12.6. The van der Waals surface area contributed by atoms with E-state index in [0.717, 1.165) is 29.5 Å². The predicted molar refractivity (Wildman–Crippen MR) is 145 cm³/mol. The lowest BCUT2D eigenvalue weighted by Gasteiger charge is -2.30. The number of imide groups is 1. The van der Waals surface area contributed by atoms with Crippen LogP contribution in [0.15, 0.2) is 52.3 Å². The zero-order valence-electron chi connectivity index (χ0n) is 19.9. The normalized spacial score (nSPS) is 20.0. The molecule has 196 valence electrons. The zero-order chi connectivity index (χ0) is 26.7. The molecule has 0 aliphatic carbocycles. The van der Waals surface area contributed by atoms with E-state index in [-0.39, 0.29) is 39.4 Å². The van der Waals surface area contributed by atoms with Gasteiger partial charge in [-0.05, 0) is 66.4 Å². The van der Waals surface area contributed by atoms with Crippen LogP contribution in [0, 0.1) is 5.92 Å². The van der Waals surface area contributed by atoms with Gasteiger partial charge < -0.3 is 5.32 Å². The first-order valence-corrected chi connectivity index (χ1v) is 14.7. The van der Waals surface area contributed by atoms with Crippen molar-refractivity contribution in [1.82, 2.24) is 14.5 Å². The molecule has 8 nitrogen and oxygen atoms in total. The van der Waals surface area contributed by atoms with E-state index in [1.54, 1.807) is 30.3 Å². The number of halogens is 2. The first-order chi connectivity index (χ1) is 17.6. The summed E-state index contributed by atoms with van der Waals surface area (Å²) >= 11 is 13.2. The standard InChI is InChI=1S/C25H25Cl2N3O5S2/c1-16-5-4-11-29(15-16)37(34,35)22-14-18(8-9-20(22)27)23(31)28-10-12-30-24(32)21(36-25(30)33)13-17-6-2-3-7-19(17)26/h2-3,6-9,13-14,16H,4-5,10-12,15H2,1H3,(H,28,31)/b21-13-/t16-/m0/s1. The summed E-state index contributed by atoms with van der Waals surface area (Å²) in [5.74, 6) is -0.776. The topological polar surface area (TPSA) is 104 Å². The summed E-state index contributed by atoms with van der Waals surface area (Å²) in [7, 11) is -3.86. The SMILES string of the molecule is C[C@H]1CCCN(S(=O)(=O)c2cc(C(=O)NCCN3C(=O)S/C(=C\c4ccccc4Cl)C3=O)ccc2Cl)C1. The molecule has 37 heavy (non-hydrogen) atoms. The fourth-order valence-electron chi connectivity index (χ4n) is 4.16. The van der Waals surface area contributed by atoms with Crippen molar-refractivity contribution in [2.75, 3.05) is 26.2 Å². The van der Waals surface area contributed by atoms with Gasteiger partial charge in [0, 0.05) is 36.8 Å². The molecular weight excluding hydrogens is 557 g/mol. The molecule has 0 aromatic heterocycles. The van der Waals surface area contributed by atoms with Crippen LogP contribution in [0.2, 0.25) is 10.0 Å². The molecule has 2 aromatic carbocycles. The van der Waals surface area contributed by atoms with Gasteiger partial charge in [0.1, 0.15) is 4.90 Å². The number of thioether (sulfide) groups is 1. The highest BCUT2D eigenvalue weighted by Gasteiger charge is 2.35. The van der Waals surface area contributed by atoms with Crippen LogP contribution >= 0.6 is 35.0 Å². The fourth-order valence-corrected chi connectivity index (χ4v) is 7.30. The third-order valence-corrected chi connectivity index (χ3v) is 9.72. The Bertz CT molecular complexity index is 1380. The highest BCUT2D eigenvalue weighted by molar-refractivity contribution is 8.18. The van der Waals surface area contributed by atoms with E-state index >= 15 is 0 Å². The Morgan fingerprint density at radius 1 is 1.16 bits per heavy atom. The van der Waals surface area contributed by atoms with Crippen molar-refractivity contribution in [2.45, 2.75) is 24.7 Å². The van der Waals surface area contributed by atoms with Gasteiger partial charge in [0.25, 0.3) is 17.1 Å². The van der Waals surface area contributed by atoms with Crippen molar-refractivity contribution in [3.05, 3.63) is 68.5 Å². The first-order valence-electron chi connectivity index (χ1n) is 11.7. The highest BCUT2D eigenvalue weighted by atomic mass is 35.5. The van der Waals surface area contributed by atoms with Crippen molar-refractivity contribution < 1.29 is 22.8 Å². The highest BCUT2D eigenvalue weighted by Crippen LogP contribution is 2.33. The molecule has 2 aliphatic heterocycles. The van der Waals surface area contributed by atoms with E-state index in [4.69, 9.17) is 23.2 Å². The average Bonchev–Trinajstić information content (AvgIpc) is 3.12. The molecule has 3 amide bonds. The Hall–Kier alpha value is -2.37. The summed E-state index contributed by atoms with van der Waals surface area (Å²) in [5, 5.41) is 2.69. The minimum atomic E-state index is -3.86. The van der Waals surface area contributed by atoms with Crippen molar-refractivity contribution in [3.8, 4) is 0 Å². The van der Waals surface area contributed by atoms with Crippen molar-refractivity contribution >= 4 is 68.1 Å². The van der Waals surface area contributed by atoms with Gasteiger partial charge in [-0.25, -0.2) is 8.42 Å². The fraction of sp³-hybridized carbons (Fsp3) is 0.320. The summed E-state index contributed by atoms with van der Waals surface area (Å²) < 4.78 is 27.8. The number of nitrogens with zero attached hydrogens (tertiary/aromatic N) is 2. The van der Waals surface area contributed by atoms with Crippen molar-refractivity contribution in [3.63, 3.8) is 0 Å². The maximum absolute atomic E-state index is 13.2. The van der Waals surface area contributed by atoms with Gasteiger partial charge in [0.15, 0.2) is 0 Å². The monoisotopic (exact) mass is 581 g/mol. The third-order valence-electron chi connectivity index (χ3n) is 6.12.